The van der Waals surface area contributed by atoms with Crippen molar-refractivity contribution in [2.45, 2.75) is 69.9 Å². The van der Waals surface area contributed by atoms with Crippen LogP contribution in [0.25, 0.3) is 33.2 Å². The molecule has 6 heterocycles. The smallest absolute Gasteiger partial charge is 0.256 e. The van der Waals surface area contributed by atoms with E-state index in [4.69, 9.17) is 19.9 Å². The molecule has 0 bridgehead atoms. The topological polar surface area (TPSA) is 138 Å². The van der Waals surface area contributed by atoms with Crippen molar-refractivity contribution in [3.05, 3.63) is 55.1 Å². The summed E-state index contributed by atoms with van der Waals surface area (Å²) >= 11 is 0. The summed E-state index contributed by atoms with van der Waals surface area (Å²) in [4.78, 5) is 29.7. The standard InChI is InChI=1S/C33H40FN9O3Si/c1-33(2,3)47(5,6)46-27-26(34)32(43-17-21(22-12-15-41(4)40-22)25-29(35)36-18-37-30(25)43)45-28(27)31(44)38-20-10-8-19-9-11-24(39-23(19)16-20)42-13-7-14-42/h8-12,15-18,26-28,32H,7,13-14H2,1-6H3,(H,38,44)(H2,35,36,37)/t26-,27?,28-,32+/m0/s1. The molecule has 7 rings (SSSR count). The quantitative estimate of drug-likeness (QED) is 0.219. The van der Waals surface area contributed by atoms with Crippen LogP contribution in [0, 0.1) is 0 Å². The molecule has 12 nitrogen and oxygen atoms in total. The minimum Gasteiger partial charge on any atom is -0.408 e. The van der Waals surface area contributed by atoms with E-state index < -0.39 is 38.8 Å². The average Bonchev–Trinajstić information content (AvgIpc) is 3.67. The first-order valence-corrected chi connectivity index (χ1v) is 18.8. The van der Waals surface area contributed by atoms with E-state index in [9.17, 15) is 4.79 Å². The summed E-state index contributed by atoms with van der Waals surface area (Å²) in [6.45, 7) is 12.2. The zero-order valence-electron chi connectivity index (χ0n) is 27.4. The van der Waals surface area contributed by atoms with Gasteiger partial charge in [-0.1, -0.05) is 26.8 Å². The number of hydrogen-bond acceptors (Lipinski definition) is 9. The lowest BCUT2D eigenvalue weighted by atomic mass is 10.1. The molecule has 2 fully saturated rings. The molecule has 1 unspecified atom stereocenters. The Hall–Kier alpha value is -4.40. The van der Waals surface area contributed by atoms with Gasteiger partial charge in [0, 0.05) is 49.2 Å². The monoisotopic (exact) mass is 657 g/mol. The van der Waals surface area contributed by atoms with Crippen LogP contribution in [0.4, 0.5) is 21.7 Å². The van der Waals surface area contributed by atoms with Gasteiger partial charge in [0.15, 0.2) is 26.8 Å². The van der Waals surface area contributed by atoms with Gasteiger partial charge < -0.3 is 29.7 Å². The summed E-state index contributed by atoms with van der Waals surface area (Å²) in [5, 5.41) is 8.73. The first-order valence-electron chi connectivity index (χ1n) is 15.9. The van der Waals surface area contributed by atoms with Crippen molar-refractivity contribution >= 4 is 53.5 Å². The van der Waals surface area contributed by atoms with Crippen LogP contribution in [0.15, 0.2) is 55.1 Å². The molecule has 4 aromatic heterocycles. The van der Waals surface area contributed by atoms with Crippen molar-refractivity contribution in [2.75, 3.05) is 29.0 Å². The summed E-state index contributed by atoms with van der Waals surface area (Å²) in [6.07, 6.45) is 0.627. The van der Waals surface area contributed by atoms with Crippen molar-refractivity contribution in [2.24, 2.45) is 7.05 Å². The number of nitrogen functional groups attached to an aromatic ring is 1. The lowest BCUT2D eigenvalue weighted by Crippen LogP contribution is -2.50. The summed E-state index contributed by atoms with van der Waals surface area (Å²) in [5.74, 6) is 0.631. The number of fused-ring (bicyclic) bond motifs is 2. The van der Waals surface area contributed by atoms with Gasteiger partial charge in [0.1, 0.15) is 29.7 Å². The van der Waals surface area contributed by atoms with E-state index >= 15 is 4.39 Å². The number of nitrogens with two attached hydrogens (primary N) is 1. The molecule has 14 heteroatoms. The van der Waals surface area contributed by atoms with Crippen molar-refractivity contribution in [3.8, 4) is 11.3 Å². The van der Waals surface area contributed by atoms with Gasteiger partial charge in [0.05, 0.1) is 16.6 Å². The zero-order valence-corrected chi connectivity index (χ0v) is 28.4. The molecular formula is C33H40FN9O3Si. The van der Waals surface area contributed by atoms with Gasteiger partial charge in [-0.25, -0.2) is 19.3 Å². The van der Waals surface area contributed by atoms with Gasteiger partial charge in [0.25, 0.3) is 5.91 Å². The third-order valence-corrected chi connectivity index (χ3v) is 14.2. The van der Waals surface area contributed by atoms with Crippen molar-refractivity contribution in [3.63, 3.8) is 0 Å². The second-order valence-electron chi connectivity index (χ2n) is 13.9. The number of nitrogens with zero attached hydrogens (tertiary/aromatic N) is 7. The van der Waals surface area contributed by atoms with Crippen LogP contribution in [0.5, 0.6) is 0 Å². The van der Waals surface area contributed by atoms with E-state index in [2.05, 4.69) is 46.1 Å². The van der Waals surface area contributed by atoms with Crippen LogP contribution in [-0.4, -0.2) is 75.0 Å². The molecule has 246 valence electrons. The van der Waals surface area contributed by atoms with Gasteiger partial charge in [-0.2, -0.15) is 5.10 Å². The first kappa shape index (κ1) is 31.2. The number of ether oxygens (including phenoxy) is 1. The number of nitrogens with one attached hydrogen (secondary N) is 1. The summed E-state index contributed by atoms with van der Waals surface area (Å²) in [5.41, 5.74) is 9.24. The number of aryl methyl sites for hydroxylation is 1. The van der Waals surface area contributed by atoms with E-state index in [0.29, 0.717) is 28.0 Å². The lowest BCUT2D eigenvalue weighted by molar-refractivity contribution is -0.131. The fourth-order valence-corrected chi connectivity index (χ4v) is 7.17. The maximum atomic E-state index is 16.9. The summed E-state index contributed by atoms with van der Waals surface area (Å²) in [7, 11) is -0.755. The molecule has 4 atom stereocenters. The number of anilines is 3. The second kappa shape index (κ2) is 11.4. The Bertz CT molecular complexity index is 1980. The molecule has 0 spiro atoms. The number of benzene rings is 1. The number of rotatable bonds is 7. The van der Waals surface area contributed by atoms with Crippen LogP contribution in [0.1, 0.15) is 33.4 Å². The molecule has 47 heavy (non-hydrogen) atoms. The molecule has 2 saturated heterocycles. The van der Waals surface area contributed by atoms with Gasteiger partial charge in [0.2, 0.25) is 0 Å². The average molecular weight is 658 g/mol. The Kier molecular flexibility index (Phi) is 7.56. The van der Waals surface area contributed by atoms with Crippen molar-refractivity contribution in [1.29, 1.82) is 0 Å². The Morgan fingerprint density at radius 3 is 2.60 bits per heavy atom. The number of carbonyl (C=O) groups is 1. The second-order valence-corrected chi connectivity index (χ2v) is 18.7. The highest BCUT2D eigenvalue weighted by molar-refractivity contribution is 6.74. The number of pyridine rings is 1. The molecule has 0 saturated carbocycles. The van der Waals surface area contributed by atoms with Gasteiger partial charge in [-0.3, -0.25) is 9.48 Å². The van der Waals surface area contributed by atoms with E-state index in [0.717, 1.165) is 36.2 Å². The third-order valence-electron chi connectivity index (χ3n) is 9.69. The van der Waals surface area contributed by atoms with Crippen LogP contribution >= 0.6 is 0 Å². The number of hydrogen-bond donors (Lipinski definition) is 2. The van der Waals surface area contributed by atoms with Crippen LogP contribution in [0.2, 0.25) is 18.1 Å². The fraction of sp³-hybridized carbons (Fsp3) is 0.424. The highest BCUT2D eigenvalue weighted by atomic mass is 28.4. The van der Waals surface area contributed by atoms with Gasteiger partial charge in [-0.15, -0.1) is 0 Å². The van der Waals surface area contributed by atoms with Gasteiger partial charge in [-0.05, 0) is 54.9 Å². The molecular weight excluding hydrogens is 618 g/mol. The third kappa shape index (κ3) is 5.53. The largest absolute Gasteiger partial charge is 0.408 e. The fourth-order valence-electron chi connectivity index (χ4n) is 5.88. The highest BCUT2D eigenvalue weighted by Crippen LogP contribution is 2.44. The normalized spacial score (nSPS) is 21.8. The van der Waals surface area contributed by atoms with E-state index in [1.807, 2.05) is 56.5 Å². The minimum absolute atomic E-state index is 0.230. The lowest BCUT2D eigenvalue weighted by Gasteiger charge is -2.39. The van der Waals surface area contributed by atoms with Crippen LogP contribution < -0.4 is 16.0 Å². The molecule has 0 radical (unpaired) electrons. The predicted molar refractivity (Wildman–Crippen MR) is 182 cm³/mol. The van der Waals surface area contributed by atoms with E-state index in [-0.39, 0.29) is 10.9 Å². The number of alkyl halides is 1. The Morgan fingerprint density at radius 1 is 1.15 bits per heavy atom. The Labute approximate surface area is 273 Å². The number of carbonyl (C=O) groups excluding carboxylic acids is 1. The highest BCUT2D eigenvalue weighted by Gasteiger charge is 2.54. The number of amides is 1. The Morgan fingerprint density at radius 2 is 1.91 bits per heavy atom. The van der Waals surface area contributed by atoms with E-state index in [1.165, 1.54) is 6.33 Å². The van der Waals surface area contributed by atoms with Crippen molar-refractivity contribution < 1.29 is 18.3 Å². The molecule has 2 aliphatic rings. The summed E-state index contributed by atoms with van der Waals surface area (Å²) in [6, 6.07) is 11.4. The Balaban J connectivity index is 1.24. The number of halogens is 1. The maximum Gasteiger partial charge on any atom is 0.256 e. The van der Waals surface area contributed by atoms with Gasteiger partial charge >= 0.3 is 0 Å². The van der Waals surface area contributed by atoms with E-state index in [1.54, 1.807) is 21.6 Å². The molecule has 1 amide bonds. The predicted octanol–water partition coefficient (Wildman–Crippen LogP) is 5.44. The molecule has 5 aromatic rings. The summed E-state index contributed by atoms with van der Waals surface area (Å²) < 4.78 is 33.1. The van der Waals surface area contributed by atoms with Crippen LogP contribution in [-0.2, 0) is 21.0 Å². The number of aromatic nitrogens is 6. The molecule has 2 aliphatic heterocycles. The zero-order chi connectivity index (χ0) is 33.2. The van der Waals surface area contributed by atoms with Crippen molar-refractivity contribution in [1.82, 2.24) is 29.3 Å². The SMILES string of the molecule is Cn1ccc(-c2cn([C@@H]3O[C@H](C(=O)Nc4ccc5ccc(N6CCC6)nc5c4)C(O[Si](C)(C)C(C)(C)C)[C@@H]3F)c3ncnc(N)c23)n1. The molecule has 1 aromatic carbocycles. The molecule has 0 aliphatic carbocycles. The minimum atomic E-state index is -2.56. The molecule has 3 N–H and O–H groups in total. The first-order chi connectivity index (χ1) is 22.3. The maximum absolute atomic E-state index is 16.9. The van der Waals surface area contributed by atoms with Crippen LogP contribution in [0.3, 0.4) is 0 Å².